The SMILES string of the molecule is COc1cc(CNC(=O)c2ccc(N3C4CCCC3CC(NC(=O)c3cccc(OC)c3C)C4)nc2)cc(OC)c1. The van der Waals surface area contributed by atoms with Crippen molar-refractivity contribution in [3.8, 4) is 17.2 Å². The van der Waals surface area contributed by atoms with E-state index >= 15 is 0 Å². The van der Waals surface area contributed by atoms with Crippen molar-refractivity contribution in [2.75, 3.05) is 26.2 Å². The van der Waals surface area contributed by atoms with E-state index in [4.69, 9.17) is 19.2 Å². The lowest BCUT2D eigenvalue weighted by Gasteiger charge is -2.49. The smallest absolute Gasteiger partial charge is 0.253 e. The number of amides is 2. The maximum atomic E-state index is 13.1. The fraction of sp³-hybridized carbons (Fsp3) is 0.406. The number of benzene rings is 2. The van der Waals surface area contributed by atoms with Gasteiger partial charge in [-0.1, -0.05) is 6.07 Å². The quantitative estimate of drug-likeness (QED) is 0.394. The second kappa shape index (κ2) is 12.5. The number of carbonyl (C=O) groups excluding carboxylic acids is 2. The predicted octanol–water partition coefficient (Wildman–Crippen LogP) is 4.67. The first-order chi connectivity index (χ1) is 19.9. The maximum Gasteiger partial charge on any atom is 0.253 e. The highest BCUT2D eigenvalue weighted by Gasteiger charge is 2.39. The van der Waals surface area contributed by atoms with Gasteiger partial charge in [-0.15, -0.1) is 0 Å². The van der Waals surface area contributed by atoms with Crippen LogP contribution in [0.1, 0.15) is 63.9 Å². The van der Waals surface area contributed by atoms with Crippen LogP contribution in [0, 0.1) is 6.92 Å². The number of pyridine rings is 1. The van der Waals surface area contributed by atoms with Crippen LogP contribution < -0.4 is 29.7 Å². The standard InChI is InChI=1S/C32H38N4O5/c1-20-28(9-6-10-29(20)41-4)32(38)35-23-15-24-7-5-8-25(16-23)36(24)30-12-11-22(19-33-30)31(37)34-18-21-13-26(39-2)17-27(14-21)40-3/h6,9-14,17,19,23-25H,5,7-8,15-16,18H2,1-4H3,(H,34,37)(H,35,38). The second-order valence-corrected chi connectivity index (χ2v) is 10.7. The van der Waals surface area contributed by atoms with E-state index in [0.717, 1.165) is 49.0 Å². The average molecular weight is 559 g/mol. The third kappa shape index (κ3) is 6.24. The van der Waals surface area contributed by atoms with E-state index < -0.39 is 0 Å². The van der Waals surface area contributed by atoms with Crippen LogP contribution in [0.25, 0.3) is 0 Å². The summed E-state index contributed by atoms with van der Waals surface area (Å²) in [6.07, 6.45) is 6.63. The Kier molecular flexibility index (Phi) is 8.61. The summed E-state index contributed by atoms with van der Waals surface area (Å²) < 4.78 is 16.0. The number of methoxy groups -OCH3 is 3. The van der Waals surface area contributed by atoms with Crippen molar-refractivity contribution in [2.24, 2.45) is 0 Å². The number of hydrogen-bond acceptors (Lipinski definition) is 7. The van der Waals surface area contributed by atoms with Crippen LogP contribution in [0.5, 0.6) is 17.2 Å². The molecule has 0 radical (unpaired) electrons. The zero-order valence-corrected chi connectivity index (χ0v) is 24.1. The van der Waals surface area contributed by atoms with Crippen LogP contribution >= 0.6 is 0 Å². The van der Waals surface area contributed by atoms with E-state index in [1.165, 1.54) is 0 Å². The second-order valence-electron chi connectivity index (χ2n) is 10.7. The van der Waals surface area contributed by atoms with Crippen LogP contribution in [0.15, 0.2) is 54.7 Å². The first kappa shape index (κ1) is 28.3. The topological polar surface area (TPSA) is 102 Å². The van der Waals surface area contributed by atoms with Gasteiger partial charge in [0.1, 0.15) is 23.1 Å². The first-order valence-corrected chi connectivity index (χ1v) is 14.1. The number of ether oxygens (including phenoxy) is 3. The minimum Gasteiger partial charge on any atom is -0.497 e. The molecule has 2 bridgehead atoms. The molecule has 2 N–H and O–H groups in total. The summed E-state index contributed by atoms with van der Waals surface area (Å²) in [4.78, 5) is 33.1. The number of rotatable bonds is 9. The van der Waals surface area contributed by atoms with Crippen molar-refractivity contribution < 1.29 is 23.8 Å². The molecule has 5 rings (SSSR count). The van der Waals surface area contributed by atoms with Crippen molar-refractivity contribution >= 4 is 17.6 Å². The monoisotopic (exact) mass is 558 g/mol. The fourth-order valence-electron chi connectivity index (χ4n) is 6.14. The predicted molar refractivity (Wildman–Crippen MR) is 157 cm³/mol. The Balaban J connectivity index is 1.21. The van der Waals surface area contributed by atoms with Gasteiger partial charge in [-0.3, -0.25) is 9.59 Å². The van der Waals surface area contributed by atoms with E-state index in [1.807, 2.05) is 49.4 Å². The van der Waals surface area contributed by atoms with Gasteiger partial charge < -0.3 is 29.7 Å². The Labute approximate surface area is 241 Å². The van der Waals surface area contributed by atoms with E-state index in [0.29, 0.717) is 34.9 Å². The van der Waals surface area contributed by atoms with Crippen LogP contribution in [-0.2, 0) is 6.54 Å². The minimum absolute atomic E-state index is 0.0567. The largest absolute Gasteiger partial charge is 0.497 e. The summed E-state index contributed by atoms with van der Waals surface area (Å²) >= 11 is 0. The molecule has 2 aromatic carbocycles. The summed E-state index contributed by atoms with van der Waals surface area (Å²) in [7, 11) is 4.81. The molecule has 216 valence electrons. The lowest BCUT2D eigenvalue weighted by Crippen LogP contribution is -2.57. The first-order valence-electron chi connectivity index (χ1n) is 14.1. The Morgan fingerprint density at radius 3 is 2.24 bits per heavy atom. The summed E-state index contributed by atoms with van der Waals surface area (Å²) in [5.41, 5.74) is 2.88. The minimum atomic E-state index is -0.194. The Morgan fingerprint density at radius 1 is 0.927 bits per heavy atom. The molecule has 2 aliphatic heterocycles. The van der Waals surface area contributed by atoms with Crippen LogP contribution in [0.4, 0.5) is 5.82 Å². The van der Waals surface area contributed by atoms with Gasteiger partial charge in [-0.25, -0.2) is 4.98 Å². The van der Waals surface area contributed by atoms with Crippen LogP contribution in [0.2, 0.25) is 0 Å². The molecule has 2 amide bonds. The third-order valence-electron chi connectivity index (χ3n) is 8.20. The van der Waals surface area contributed by atoms with Gasteiger partial charge in [0.2, 0.25) is 0 Å². The van der Waals surface area contributed by atoms with E-state index in [9.17, 15) is 9.59 Å². The molecule has 0 spiro atoms. The number of aromatic nitrogens is 1. The average Bonchev–Trinajstić information content (AvgIpc) is 2.99. The zero-order chi connectivity index (χ0) is 28.9. The summed E-state index contributed by atoms with van der Waals surface area (Å²) in [5.74, 6) is 2.68. The molecule has 2 unspecified atom stereocenters. The molecule has 2 fully saturated rings. The molecular weight excluding hydrogens is 520 g/mol. The van der Waals surface area contributed by atoms with Gasteiger partial charge in [0.15, 0.2) is 0 Å². The lowest BCUT2D eigenvalue weighted by atomic mass is 9.81. The maximum absolute atomic E-state index is 13.1. The van der Waals surface area contributed by atoms with E-state index in [-0.39, 0.29) is 29.9 Å². The molecule has 9 nitrogen and oxygen atoms in total. The van der Waals surface area contributed by atoms with E-state index in [2.05, 4.69) is 15.5 Å². The molecule has 3 heterocycles. The molecule has 0 saturated carbocycles. The van der Waals surface area contributed by atoms with Gasteiger partial charge >= 0.3 is 0 Å². The highest BCUT2D eigenvalue weighted by Crippen LogP contribution is 2.37. The number of nitrogens with one attached hydrogen (secondary N) is 2. The van der Waals surface area contributed by atoms with Crippen molar-refractivity contribution in [1.29, 1.82) is 0 Å². The molecule has 41 heavy (non-hydrogen) atoms. The van der Waals surface area contributed by atoms with Gasteiger partial charge in [0.25, 0.3) is 11.8 Å². The highest BCUT2D eigenvalue weighted by molar-refractivity contribution is 5.96. The normalized spacial score (nSPS) is 19.7. The van der Waals surface area contributed by atoms with Gasteiger partial charge in [-0.2, -0.15) is 0 Å². The fourth-order valence-corrected chi connectivity index (χ4v) is 6.14. The molecular formula is C32H38N4O5. The van der Waals surface area contributed by atoms with Crippen LogP contribution in [-0.4, -0.2) is 56.3 Å². The number of nitrogens with zero attached hydrogens (tertiary/aromatic N) is 2. The molecule has 3 aromatic rings. The van der Waals surface area contributed by atoms with Crippen molar-refractivity contribution in [3.63, 3.8) is 0 Å². The molecule has 2 aliphatic rings. The molecule has 2 saturated heterocycles. The molecule has 2 atom stereocenters. The van der Waals surface area contributed by atoms with Gasteiger partial charge in [-0.05, 0) is 81.0 Å². The molecule has 0 aliphatic carbocycles. The zero-order valence-electron chi connectivity index (χ0n) is 24.1. The van der Waals surface area contributed by atoms with Crippen molar-refractivity contribution in [3.05, 3.63) is 77.0 Å². The third-order valence-corrected chi connectivity index (χ3v) is 8.20. The van der Waals surface area contributed by atoms with Crippen molar-refractivity contribution in [1.82, 2.24) is 15.6 Å². The number of anilines is 1. The van der Waals surface area contributed by atoms with Gasteiger partial charge in [0.05, 0.1) is 26.9 Å². The summed E-state index contributed by atoms with van der Waals surface area (Å²) in [6, 6.07) is 15.5. The summed E-state index contributed by atoms with van der Waals surface area (Å²) in [5, 5.41) is 6.24. The molecule has 1 aromatic heterocycles. The Morgan fingerprint density at radius 2 is 1.63 bits per heavy atom. The number of hydrogen-bond donors (Lipinski definition) is 2. The van der Waals surface area contributed by atoms with Gasteiger partial charge in [0, 0.05) is 48.1 Å². The van der Waals surface area contributed by atoms with Crippen LogP contribution in [0.3, 0.4) is 0 Å². The lowest BCUT2D eigenvalue weighted by molar-refractivity contribution is 0.0914. The Bertz CT molecular complexity index is 1360. The number of carbonyl (C=O) groups is 2. The van der Waals surface area contributed by atoms with Crippen molar-refractivity contribution in [2.45, 2.75) is 63.7 Å². The summed E-state index contributed by atoms with van der Waals surface area (Å²) in [6.45, 7) is 2.25. The van der Waals surface area contributed by atoms with E-state index in [1.54, 1.807) is 33.6 Å². The Hall–Kier alpha value is -4.27. The number of piperidine rings is 2. The highest BCUT2D eigenvalue weighted by atomic mass is 16.5. The number of fused-ring (bicyclic) bond motifs is 2. The molecule has 9 heteroatoms.